The summed E-state index contributed by atoms with van der Waals surface area (Å²) in [5.74, 6) is 0. The minimum absolute atomic E-state index is 0.553. The maximum absolute atomic E-state index is 3.64. The fourth-order valence-corrected chi connectivity index (χ4v) is 3.46. The molecule has 19 heavy (non-hydrogen) atoms. The van der Waals surface area contributed by atoms with E-state index in [9.17, 15) is 0 Å². The molecule has 1 heterocycles. The summed E-state index contributed by atoms with van der Waals surface area (Å²) in [6, 6.07) is 7.16. The van der Waals surface area contributed by atoms with Gasteiger partial charge < -0.3 is 10.2 Å². The Morgan fingerprint density at radius 1 is 1.21 bits per heavy atom. The van der Waals surface area contributed by atoms with Crippen molar-refractivity contribution in [2.45, 2.75) is 45.7 Å². The fraction of sp³-hybridized carbons (Fsp3) is 0.625. The normalized spacial score (nSPS) is 18.5. The van der Waals surface area contributed by atoms with Crippen molar-refractivity contribution in [2.75, 3.05) is 19.6 Å². The SMILES string of the molecule is Cc1cc(Br)cc(CNC(C)CN2CCCCC2)c1. The van der Waals surface area contributed by atoms with Gasteiger partial charge in [-0.3, -0.25) is 0 Å². The molecular formula is C16H25BrN2. The highest BCUT2D eigenvalue weighted by Gasteiger charge is 2.12. The molecule has 1 unspecified atom stereocenters. The highest BCUT2D eigenvalue weighted by atomic mass is 79.9. The van der Waals surface area contributed by atoms with E-state index in [0.29, 0.717) is 6.04 Å². The molecule has 0 saturated carbocycles. The van der Waals surface area contributed by atoms with Gasteiger partial charge in [0.25, 0.3) is 0 Å². The lowest BCUT2D eigenvalue weighted by Crippen LogP contribution is -2.41. The molecule has 106 valence electrons. The number of benzene rings is 1. The van der Waals surface area contributed by atoms with Crippen LogP contribution in [0.25, 0.3) is 0 Å². The molecule has 0 radical (unpaired) electrons. The minimum atomic E-state index is 0.553. The Morgan fingerprint density at radius 2 is 1.95 bits per heavy atom. The molecule has 0 amide bonds. The first-order chi connectivity index (χ1) is 9.13. The zero-order valence-corrected chi connectivity index (χ0v) is 13.7. The smallest absolute Gasteiger partial charge is 0.0209 e. The van der Waals surface area contributed by atoms with E-state index in [0.717, 1.165) is 6.54 Å². The average Bonchev–Trinajstić information content (AvgIpc) is 2.36. The van der Waals surface area contributed by atoms with Gasteiger partial charge in [0.1, 0.15) is 0 Å². The van der Waals surface area contributed by atoms with Gasteiger partial charge in [0.15, 0.2) is 0 Å². The first-order valence-electron chi connectivity index (χ1n) is 7.35. The Bertz CT molecular complexity index is 379. The Balaban J connectivity index is 1.77. The molecule has 0 bridgehead atoms. The maximum atomic E-state index is 3.64. The van der Waals surface area contributed by atoms with Gasteiger partial charge in [0.2, 0.25) is 0 Å². The molecular weight excluding hydrogens is 300 g/mol. The van der Waals surface area contributed by atoms with Crippen molar-refractivity contribution in [3.63, 3.8) is 0 Å². The van der Waals surface area contributed by atoms with Gasteiger partial charge in [-0.05, 0) is 63.0 Å². The Kier molecular flexibility index (Phi) is 5.86. The molecule has 1 N–H and O–H groups in total. The second-order valence-electron chi connectivity index (χ2n) is 5.78. The molecule has 2 rings (SSSR count). The molecule has 1 aliphatic heterocycles. The van der Waals surface area contributed by atoms with Crippen LogP contribution in [0.1, 0.15) is 37.3 Å². The van der Waals surface area contributed by atoms with Gasteiger partial charge in [0.05, 0.1) is 0 Å². The van der Waals surface area contributed by atoms with E-state index in [1.54, 1.807) is 0 Å². The van der Waals surface area contributed by atoms with E-state index < -0.39 is 0 Å². The summed E-state index contributed by atoms with van der Waals surface area (Å²) >= 11 is 3.56. The molecule has 1 atom stereocenters. The number of piperidine rings is 1. The van der Waals surface area contributed by atoms with Gasteiger partial charge in [-0.15, -0.1) is 0 Å². The standard InChI is InChI=1S/C16H25BrN2/c1-13-8-15(10-16(17)9-13)11-18-14(2)12-19-6-4-3-5-7-19/h8-10,14,18H,3-7,11-12H2,1-2H3. The Hall–Kier alpha value is -0.380. The first kappa shape index (κ1) is 15.0. The average molecular weight is 325 g/mol. The van der Waals surface area contributed by atoms with E-state index in [4.69, 9.17) is 0 Å². The number of hydrogen-bond acceptors (Lipinski definition) is 2. The van der Waals surface area contributed by atoms with Gasteiger partial charge in [0, 0.05) is 23.6 Å². The monoisotopic (exact) mass is 324 g/mol. The number of halogens is 1. The summed E-state index contributed by atoms with van der Waals surface area (Å²) < 4.78 is 1.17. The van der Waals surface area contributed by atoms with Crippen molar-refractivity contribution in [2.24, 2.45) is 0 Å². The van der Waals surface area contributed by atoms with Gasteiger partial charge in [-0.25, -0.2) is 0 Å². The lowest BCUT2D eigenvalue weighted by molar-refractivity contribution is 0.209. The van der Waals surface area contributed by atoms with E-state index in [2.05, 4.69) is 58.2 Å². The molecule has 2 nitrogen and oxygen atoms in total. The lowest BCUT2D eigenvalue weighted by atomic mass is 10.1. The van der Waals surface area contributed by atoms with Crippen molar-refractivity contribution in [1.29, 1.82) is 0 Å². The van der Waals surface area contributed by atoms with Crippen molar-refractivity contribution in [3.8, 4) is 0 Å². The summed E-state index contributed by atoms with van der Waals surface area (Å²) in [6.07, 6.45) is 4.16. The highest BCUT2D eigenvalue weighted by molar-refractivity contribution is 9.10. The predicted octanol–water partition coefficient (Wildman–Crippen LogP) is 3.72. The molecule has 1 aliphatic rings. The van der Waals surface area contributed by atoms with Crippen LogP contribution in [0.4, 0.5) is 0 Å². The third-order valence-electron chi connectivity index (χ3n) is 3.74. The molecule has 1 fully saturated rings. The number of nitrogens with one attached hydrogen (secondary N) is 1. The van der Waals surface area contributed by atoms with E-state index >= 15 is 0 Å². The van der Waals surface area contributed by atoms with Crippen LogP contribution in [0.5, 0.6) is 0 Å². The lowest BCUT2D eigenvalue weighted by Gasteiger charge is -2.29. The fourth-order valence-electron chi connectivity index (χ4n) is 2.80. The molecule has 0 aromatic heterocycles. The quantitative estimate of drug-likeness (QED) is 0.888. The molecule has 0 spiro atoms. The second kappa shape index (κ2) is 7.41. The summed E-state index contributed by atoms with van der Waals surface area (Å²) in [5.41, 5.74) is 2.67. The van der Waals surface area contributed by atoms with Crippen LogP contribution in [0, 0.1) is 6.92 Å². The molecule has 3 heteroatoms. The Labute approximate surface area is 125 Å². The van der Waals surface area contributed by atoms with Crippen LogP contribution in [0.2, 0.25) is 0 Å². The summed E-state index contributed by atoms with van der Waals surface area (Å²) in [7, 11) is 0. The van der Waals surface area contributed by atoms with Crippen LogP contribution >= 0.6 is 15.9 Å². The van der Waals surface area contributed by atoms with E-state index in [-0.39, 0.29) is 0 Å². The predicted molar refractivity (Wildman–Crippen MR) is 85.5 cm³/mol. The third kappa shape index (κ3) is 5.25. The van der Waals surface area contributed by atoms with Crippen molar-refractivity contribution < 1.29 is 0 Å². The van der Waals surface area contributed by atoms with Gasteiger partial charge in [-0.1, -0.05) is 28.4 Å². The van der Waals surface area contributed by atoms with Crippen LogP contribution in [0.15, 0.2) is 22.7 Å². The number of aryl methyl sites for hydroxylation is 1. The molecule has 1 aromatic rings. The number of likely N-dealkylation sites (tertiary alicyclic amines) is 1. The van der Waals surface area contributed by atoms with E-state index in [1.165, 1.54) is 54.5 Å². The van der Waals surface area contributed by atoms with Gasteiger partial charge in [-0.2, -0.15) is 0 Å². The van der Waals surface area contributed by atoms with Crippen LogP contribution in [-0.4, -0.2) is 30.6 Å². The first-order valence-corrected chi connectivity index (χ1v) is 8.14. The number of hydrogen-bond donors (Lipinski definition) is 1. The molecule has 1 saturated heterocycles. The third-order valence-corrected chi connectivity index (χ3v) is 4.20. The van der Waals surface area contributed by atoms with Crippen LogP contribution in [-0.2, 0) is 6.54 Å². The van der Waals surface area contributed by atoms with Crippen molar-refractivity contribution in [3.05, 3.63) is 33.8 Å². The van der Waals surface area contributed by atoms with Crippen molar-refractivity contribution in [1.82, 2.24) is 10.2 Å². The number of rotatable bonds is 5. The molecule has 0 aliphatic carbocycles. The minimum Gasteiger partial charge on any atom is -0.309 e. The molecule has 1 aromatic carbocycles. The zero-order valence-electron chi connectivity index (χ0n) is 12.1. The highest BCUT2D eigenvalue weighted by Crippen LogP contribution is 2.15. The van der Waals surface area contributed by atoms with Crippen LogP contribution < -0.4 is 5.32 Å². The number of nitrogens with zero attached hydrogens (tertiary/aromatic N) is 1. The van der Waals surface area contributed by atoms with Gasteiger partial charge >= 0.3 is 0 Å². The maximum Gasteiger partial charge on any atom is 0.0209 e. The van der Waals surface area contributed by atoms with Crippen LogP contribution in [0.3, 0.4) is 0 Å². The van der Waals surface area contributed by atoms with E-state index in [1.807, 2.05) is 0 Å². The Morgan fingerprint density at radius 3 is 2.63 bits per heavy atom. The summed E-state index contributed by atoms with van der Waals surface area (Å²) in [6.45, 7) is 9.12. The summed E-state index contributed by atoms with van der Waals surface area (Å²) in [4.78, 5) is 2.59. The topological polar surface area (TPSA) is 15.3 Å². The van der Waals surface area contributed by atoms with Crippen molar-refractivity contribution >= 4 is 15.9 Å². The second-order valence-corrected chi connectivity index (χ2v) is 6.70. The largest absolute Gasteiger partial charge is 0.309 e. The summed E-state index contributed by atoms with van der Waals surface area (Å²) in [5, 5.41) is 3.64. The zero-order chi connectivity index (χ0) is 13.7.